The zero-order chi connectivity index (χ0) is 13.0. The van der Waals surface area contributed by atoms with Crippen molar-refractivity contribution in [1.29, 1.82) is 0 Å². The Morgan fingerprint density at radius 3 is 2.71 bits per heavy atom. The van der Waals surface area contributed by atoms with Gasteiger partial charge in [-0.05, 0) is 40.0 Å². The molecule has 0 bridgehead atoms. The van der Waals surface area contributed by atoms with Crippen molar-refractivity contribution in [3.05, 3.63) is 27.7 Å². The van der Waals surface area contributed by atoms with Crippen LogP contribution in [0, 0.1) is 5.92 Å². The molecule has 0 heterocycles. The maximum Gasteiger partial charge on any atom is 0.225 e. The highest BCUT2D eigenvalue weighted by Crippen LogP contribution is 2.25. The van der Waals surface area contributed by atoms with E-state index < -0.39 is 0 Å². The first-order chi connectivity index (χ1) is 7.90. The van der Waals surface area contributed by atoms with Crippen LogP contribution in [0.25, 0.3) is 0 Å². The number of amides is 1. The summed E-state index contributed by atoms with van der Waals surface area (Å²) in [5.41, 5.74) is 6.54. The molecule has 0 aliphatic carbocycles. The molecule has 17 heavy (non-hydrogen) atoms. The molecule has 0 saturated carbocycles. The van der Waals surface area contributed by atoms with Gasteiger partial charge in [-0.15, -0.1) is 0 Å². The molecule has 0 aromatic heterocycles. The normalized spacial score (nSPS) is 12.6. The molecule has 0 spiro atoms. The van der Waals surface area contributed by atoms with Gasteiger partial charge in [0.05, 0.1) is 5.02 Å². The van der Waals surface area contributed by atoms with Crippen molar-refractivity contribution in [2.45, 2.75) is 26.3 Å². The fourth-order valence-corrected chi connectivity index (χ4v) is 1.73. The van der Waals surface area contributed by atoms with Gasteiger partial charge in [-0.3, -0.25) is 4.79 Å². The van der Waals surface area contributed by atoms with E-state index in [0.717, 1.165) is 4.47 Å². The number of carbonyl (C=O) groups is 1. The molecule has 1 unspecified atom stereocenters. The van der Waals surface area contributed by atoms with E-state index in [1.54, 1.807) is 18.2 Å². The van der Waals surface area contributed by atoms with E-state index in [-0.39, 0.29) is 17.9 Å². The molecule has 1 atom stereocenters. The van der Waals surface area contributed by atoms with E-state index in [2.05, 4.69) is 21.2 Å². The van der Waals surface area contributed by atoms with Crippen LogP contribution in [0.5, 0.6) is 0 Å². The Hall–Kier alpha value is -0.580. The topological polar surface area (TPSA) is 55.1 Å². The summed E-state index contributed by atoms with van der Waals surface area (Å²) < 4.78 is 0.755. The minimum atomic E-state index is -0.120. The summed E-state index contributed by atoms with van der Waals surface area (Å²) in [6.07, 6.45) is 0.317. The van der Waals surface area contributed by atoms with Crippen molar-refractivity contribution in [3.63, 3.8) is 0 Å². The molecule has 3 N–H and O–H groups in total. The third-order valence-electron chi connectivity index (χ3n) is 2.48. The second kappa shape index (κ2) is 6.38. The van der Waals surface area contributed by atoms with Crippen LogP contribution in [0.3, 0.4) is 0 Å². The number of benzene rings is 1. The molecule has 1 aromatic carbocycles. The summed E-state index contributed by atoms with van der Waals surface area (Å²) in [6, 6.07) is 5.13. The smallest absolute Gasteiger partial charge is 0.225 e. The van der Waals surface area contributed by atoms with Crippen LogP contribution in [-0.2, 0) is 4.79 Å². The van der Waals surface area contributed by atoms with Gasteiger partial charge in [0.2, 0.25) is 5.91 Å². The molecule has 3 nitrogen and oxygen atoms in total. The zero-order valence-electron chi connectivity index (χ0n) is 9.84. The Balaban J connectivity index is 2.59. The van der Waals surface area contributed by atoms with Gasteiger partial charge in [-0.1, -0.05) is 25.4 Å². The van der Waals surface area contributed by atoms with Crippen LogP contribution in [0.2, 0.25) is 5.02 Å². The Bertz CT molecular complexity index is 409. The van der Waals surface area contributed by atoms with Gasteiger partial charge in [0, 0.05) is 22.6 Å². The predicted octanol–water partition coefficient (Wildman–Crippen LogP) is 3.41. The van der Waals surface area contributed by atoms with Crippen LogP contribution >= 0.6 is 27.5 Å². The highest BCUT2D eigenvalue weighted by atomic mass is 79.9. The highest BCUT2D eigenvalue weighted by Gasteiger charge is 2.13. The summed E-state index contributed by atoms with van der Waals surface area (Å²) in [5.74, 6) is 0.207. The summed E-state index contributed by atoms with van der Waals surface area (Å²) in [6.45, 7) is 3.99. The van der Waals surface area contributed by atoms with Crippen LogP contribution in [-0.4, -0.2) is 11.9 Å². The van der Waals surface area contributed by atoms with Crippen molar-refractivity contribution >= 4 is 39.1 Å². The summed E-state index contributed by atoms with van der Waals surface area (Å²) in [4.78, 5) is 11.7. The molecule has 1 amide bonds. The Labute approximate surface area is 115 Å². The van der Waals surface area contributed by atoms with Gasteiger partial charge >= 0.3 is 0 Å². The number of hydrogen-bond acceptors (Lipinski definition) is 2. The maximum atomic E-state index is 11.7. The van der Waals surface area contributed by atoms with E-state index in [1.165, 1.54) is 0 Å². The third-order valence-corrected chi connectivity index (χ3v) is 3.69. The average Bonchev–Trinajstić information content (AvgIpc) is 2.23. The minimum absolute atomic E-state index is 0.0829. The van der Waals surface area contributed by atoms with Crippen molar-refractivity contribution < 1.29 is 4.79 Å². The Kier molecular flexibility index (Phi) is 5.43. The molecule has 0 fully saturated rings. The summed E-state index contributed by atoms with van der Waals surface area (Å²) in [5, 5.41) is 3.40. The van der Waals surface area contributed by atoms with Gasteiger partial charge < -0.3 is 11.1 Å². The monoisotopic (exact) mass is 318 g/mol. The van der Waals surface area contributed by atoms with Gasteiger partial charge in [0.1, 0.15) is 0 Å². The molecular formula is C12H16BrClN2O. The number of anilines is 1. The number of hydrogen-bond donors (Lipinski definition) is 2. The number of nitrogens with two attached hydrogens (primary N) is 1. The summed E-state index contributed by atoms with van der Waals surface area (Å²) >= 11 is 9.17. The molecule has 0 aliphatic heterocycles. The van der Waals surface area contributed by atoms with E-state index >= 15 is 0 Å². The van der Waals surface area contributed by atoms with Gasteiger partial charge in [0.25, 0.3) is 0 Å². The van der Waals surface area contributed by atoms with Gasteiger partial charge in [0.15, 0.2) is 0 Å². The lowest BCUT2D eigenvalue weighted by atomic mass is 10.0. The highest BCUT2D eigenvalue weighted by molar-refractivity contribution is 9.10. The van der Waals surface area contributed by atoms with Crippen molar-refractivity contribution in [1.82, 2.24) is 0 Å². The molecule has 1 rings (SSSR count). The second-order valence-electron chi connectivity index (χ2n) is 4.29. The molecule has 1 aromatic rings. The molecule has 94 valence electrons. The fourth-order valence-electron chi connectivity index (χ4n) is 1.24. The number of rotatable bonds is 4. The zero-order valence-corrected chi connectivity index (χ0v) is 12.2. The first-order valence-corrected chi connectivity index (χ1v) is 6.57. The first kappa shape index (κ1) is 14.5. The van der Waals surface area contributed by atoms with Crippen molar-refractivity contribution in [2.24, 2.45) is 11.7 Å². The lowest BCUT2D eigenvalue weighted by Gasteiger charge is -2.15. The lowest BCUT2D eigenvalue weighted by Crippen LogP contribution is -2.31. The average molecular weight is 320 g/mol. The van der Waals surface area contributed by atoms with Crippen LogP contribution < -0.4 is 11.1 Å². The van der Waals surface area contributed by atoms with E-state index in [9.17, 15) is 4.79 Å². The van der Waals surface area contributed by atoms with Gasteiger partial charge in [-0.25, -0.2) is 0 Å². The maximum absolute atomic E-state index is 11.7. The summed E-state index contributed by atoms with van der Waals surface area (Å²) in [7, 11) is 0. The third kappa shape index (κ3) is 4.66. The molecular weight excluding hydrogens is 304 g/mol. The van der Waals surface area contributed by atoms with Crippen molar-refractivity contribution in [3.8, 4) is 0 Å². The van der Waals surface area contributed by atoms with Crippen LogP contribution in [0.15, 0.2) is 22.7 Å². The number of nitrogens with one attached hydrogen (secondary N) is 1. The quantitative estimate of drug-likeness (QED) is 0.893. The SMILES string of the molecule is CC(C)C(N)CC(=O)Nc1ccc(Cl)c(Br)c1. The molecule has 5 heteroatoms. The Morgan fingerprint density at radius 1 is 1.53 bits per heavy atom. The largest absolute Gasteiger partial charge is 0.327 e. The predicted molar refractivity (Wildman–Crippen MR) is 75.2 cm³/mol. The van der Waals surface area contributed by atoms with E-state index in [0.29, 0.717) is 17.1 Å². The van der Waals surface area contributed by atoms with Crippen molar-refractivity contribution in [2.75, 3.05) is 5.32 Å². The number of carbonyl (C=O) groups excluding carboxylic acids is 1. The number of halogens is 2. The fraction of sp³-hybridized carbons (Fsp3) is 0.417. The van der Waals surface area contributed by atoms with E-state index in [4.69, 9.17) is 17.3 Å². The standard InChI is InChI=1S/C12H16BrClN2O/c1-7(2)11(15)6-12(17)16-8-3-4-10(14)9(13)5-8/h3-5,7,11H,6,15H2,1-2H3,(H,16,17). The molecule has 0 aliphatic rings. The lowest BCUT2D eigenvalue weighted by molar-refractivity contribution is -0.116. The van der Waals surface area contributed by atoms with Gasteiger partial charge in [-0.2, -0.15) is 0 Å². The molecule has 0 saturated heterocycles. The van der Waals surface area contributed by atoms with E-state index in [1.807, 2.05) is 13.8 Å². The first-order valence-electron chi connectivity index (χ1n) is 5.40. The second-order valence-corrected chi connectivity index (χ2v) is 5.55. The molecule has 0 radical (unpaired) electrons. The minimum Gasteiger partial charge on any atom is -0.327 e. The van der Waals surface area contributed by atoms with Crippen LogP contribution in [0.4, 0.5) is 5.69 Å². The van der Waals surface area contributed by atoms with Crippen LogP contribution in [0.1, 0.15) is 20.3 Å². The Morgan fingerprint density at radius 2 is 2.18 bits per heavy atom.